The average molecular weight is 206 g/mol. The Morgan fingerprint density at radius 2 is 2.07 bits per heavy atom. The predicted octanol–water partition coefficient (Wildman–Crippen LogP) is 1.48. The molecule has 0 bridgehead atoms. The first kappa shape index (κ1) is 10.4. The van der Waals surface area contributed by atoms with Crippen LogP contribution >= 0.6 is 0 Å². The molecule has 1 heterocycles. The van der Waals surface area contributed by atoms with E-state index in [1.165, 1.54) is 0 Å². The van der Waals surface area contributed by atoms with Crippen molar-refractivity contribution in [1.29, 1.82) is 0 Å². The molecular formula is C12H14O3. The Bertz CT molecular complexity index is 321. The van der Waals surface area contributed by atoms with Gasteiger partial charge < -0.3 is 14.6 Å². The van der Waals surface area contributed by atoms with Crippen LogP contribution in [0.2, 0.25) is 0 Å². The third kappa shape index (κ3) is 3.16. The van der Waals surface area contributed by atoms with Crippen molar-refractivity contribution in [3.63, 3.8) is 0 Å². The lowest BCUT2D eigenvalue weighted by molar-refractivity contribution is -0.139. The molecule has 1 aromatic rings. The molecule has 1 N–H and O–H groups in total. The van der Waals surface area contributed by atoms with Crippen LogP contribution in [0.15, 0.2) is 42.5 Å². The first-order chi connectivity index (χ1) is 7.34. The Hall–Kier alpha value is -1.16. The molecule has 1 aromatic carbocycles. The van der Waals surface area contributed by atoms with Gasteiger partial charge in [-0.3, -0.25) is 0 Å². The van der Waals surface area contributed by atoms with E-state index in [0.717, 1.165) is 5.56 Å². The van der Waals surface area contributed by atoms with E-state index in [4.69, 9.17) is 14.6 Å². The number of aliphatic hydroxyl groups is 1. The fraction of sp³-hybridized carbons (Fsp3) is 0.333. The third-order valence-electron chi connectivity index (χ3n) is 2.18. The molecule has 1 aliphatic rings. The Kier molecular flexibility index (Phi) is 3.50. The molecule has 1 aliphatic heterocycles. The van der Waals surface area contributed by atoms with Crippen LogP contribution in [0.25, 0.3) is 0 Å². The third-order valence-corrected chi connectivity index (χ3v) is 2.18. The van der Waals surface area contributed by atoms with Gasteiger partial charge in [0.05, 0.1) is 19.3 Å². The molecule has 3 heteroatoms. The summed E-state index contributed by atoms with van der Waals surface area (Å²) in [7, 11) is 0. The quantitative estimate of drug-likeness (QED) is 0.761. The van der Waals surface area contributed by atoms with Crippen LogP contribution < -0.4 is 0 Å². The average Bonchev–Trinajstić information content (AvgIpc) is 2.30. The predicted molar refractivity (Wildman–Crippen MR) is 56.1 cm³/mol. The van der Waals surface area contributed by atoms with E-state index in [-0.39, 0.29) is 6.29 Å². The number of ether oxygens (including phenoxy) is 2. The van der Waals surface area contributed by atoms with Crippen molar-refractivity contribution in [3.8, 4) is 0 Å². The van der Waals surface area contributed by atoms with Crippen molar-refractivity contribution in [1.82, 2.24) is 0 Å². The standard InChI is InChI=1S/C12H14O3/c13-11-6-7-12(15-9-11)14-8-10-4-2-1-3-5-10/h1-7,11-13H,8-9H2/t11-,12-/m0/s1. The molecule has 0 spiro atoms. The smallest absolute Gasteiger partial charge is 0.177 e. The minimum absolute atomic E-state index is 0.302. The monoisotopic (exact) mass is 206 g/mol. The van der Waals surface area contributed by atoms with Crippen molar-refractivity contribution in [2.45, 2.75) is 19.0 Å². The molecule has 0 aliphatic carbocycles. The van der Waals surface area contributed by atoms with E-state index in [0.29, 0.717) is 13.2 Å². The summed E-state index contributed by atoms with van der Waals surface area (Å²) in [5, 5.41) is 9.14. The lowest BCUT2D eigenvalue weighted by Crippen LogP contribution is -2.26. The van der Waals surface area contributed by atoms with E-state index in [9.17, 15) is 0 Å². The summed E-state index contributed by atoms with van der Waals surface area (Å²) in [5.74, 6) is 0. The second kappa shape index (κ2) is 5.07. The normalized spacial score (nSPS) is 25.4. The largest absolute Gasteiger partial charge is 0.387 e. The van der Waals surface area contributed by atoms with Crippen molar-refractivity contribution in [3.05, 3.63) is 48.0 Å². The van der Waals surface area contributed by atoms with Gasteiger partial charge in [0.2, 0.25) is 0 Å². The maximum absolute atomic E-state index is 9.14. The molecular weight excluding hydrogens is 192 g/mol. The van der Waals surface area contributed by atoms with Crippen LogP contribution in [0.4, 0.5) is 0 Å². The molecule has 0 amide bonds. The molecule has 0 aromatic heterocycles. The van der Waals surface area contributed by atoms with Crippen molar-refractivity contribution in [2.24, 2.45) is 0 Å². The molecule has 80 valence electrons. The first-order valence-corrected chi connectivity index (χ1v) is 4.98. The lowest BCUT2D eigenvalue weighted by Gasteiger charge is -2.20. The second-order valence-corrected chi connectivity index (χ2v) is 3.45. The van der Waals surface area contributed by atoms with Gasteiger partial charge in [-0.2, -0.15) is 0 Å². The van der Waals surface area contributed by atoms with Gasteiger partial charge in [0.1, 0.15) is 0 Å². The van der Waals surface area contributed by atoms with Gasteiger partial charge in [-0.1, -0.05) is 36.4 Å². The van der Waals surface area contributed by atoms with Crippen LogP contribution in [-0.4, -0.2) is 24.1 Å². The summed E-state index contributed by atoms with van der Waals surface area (Å²) < 4.78 is 10.8. The highest BCUT2D eigenvalue weighted by molar-refractivity contribution is 5.13. The van der Waals surface area contributed by atoms with Crippen LogP contribution in [0.5, 0.6) is 0 Å². The second-order valence-electron chi connectivity index (χ2n) is 3.45. The molecule has 0 unspecified atom stereocenters. The van der Waals surface area contributed by atoms with E-state index in [1.54, 1.807) is 12.2 Å². The molecule has 3 nitrogen and oxygen atoms in total. The number of aliphatic hydroxyl groups excluding tert-OH is 1. The topological polar surface area (TPSA) is 38.7 Å². The molecule has 0 radical (unpaired) electrons. The number of hydrogen-bond acceptors (Lipinski definition) is 3. The van der Waals surface area contributed by atoms with Gasteiger partial charge in [-0.15, -0.1) is 0 Å². The number of rotatable bonds is 3. The summed E-state index contributed by atoms with van der Waals surface area (Å²) in [4.78, 5) is 0. The lowest BCUT2D eigenvalue weighted by atomic mass is 10.2. The summed E-state index contributed by atoms with van der Waals surface area (Å²) in [6, 6.07) is 9.92. The Balaban J connectivity index is 1.82. The van der Waals surface area contributed by atoms with E-state index in [1.807, 2.05) is 30.3 Å². The summed E-state index contributed by atoms with van der Waals surface area (Å²) in [6.45, 7) is 0.821. The van der Waals surface area contributed by atoms with Crippen LogP contribution in [0.1, 0.15) is 5.56 Å². The fourth-order valence-corrected chi connectivity index (χ4v) is 1.38. The summed E-state index contributed by atoms with van der Waals surface area (Å²) >= 11 is 0. The maximum atomic E-state index is 9.14. The molecule has 2 atom stereocenters. The first-order valence-electron chi connectivity index (χ1n) is 4.98. The minimum Gasteiger partial charge on any atom is -0.387 e. The zero-order valence-corrected chi connectivity index (χ0v) is 8.37. The van der Waals surface area contributed by atoms with Gasteiger partial charge >= 0.3 is 0 Å². The zero-order valence-electron chi connectivity index (χ0n) is 8.37. The van der Waals surface area contributed by atoms with E-state index in [2.05, 4.69) is 0 Å². The molecule has 0 saturated heterocycles. The van der Waals surface area contributed by atoms with Gasteiger partial charge in [0, 0.05) is 0 Å². The van der Waals surface area contributed by atoms with Crippen LogP contribution in [0.3, 0.4) is 0 Å². The van der Waals surface area contributed by atoms with Crippen molar-refractivity contribution in [2.75, 3.05) is 6.61 Å². The van der Waals surface area contributed by atoms with Crippen molar-refractivity contribution < 1.29 is 14.6 Å². The molecule has 0 saturated carbocycles. The Morgan fingerprint density at radius 1 is 1.27 bits per heavy atom. The van der Waals surface area contributed by atoms with Crippen LogP contribution in [-0.2, 0) is 16.1 Å². The van der Waals surface area contributed by atoms with Crippen LogP contribution in [0, 0.1) is 0 Å². The van der Waals surface area contributed by atoms with Crippen molar-refractivity contribution >= 4 is 0 Å². The Morgan fingerprint density at radius 3 is 2.73 bits per heavy atom. The molecule has 15 heavy (non-hydrogen) atoms. The highest BCUT2D eigenvalue weighted by atomic mass is 16.7. The minimum atomic E-state index is -0.499. The number of hydrogen-bond donors (Lipinski definition) is 1. The maximum Gasteiger partial charge on any atom is 0.177 e. The highest BCUT2D eigenvalue weighted by Crippen LogP contribution is 2.09. The van der Waals surface area contributed by atoms with Gasteiger partial charge in [0.15, 0.2) is 6.29 Å². The zero-order chi connectivity index (χ0) is 10.5. The van der Waals surface area contributed by atoms with Gasteiger partial charge in [-0.05, 0) is 11.6 Å². The molecule has 2 rings (SSSR count). The highest BCUT2D eigenvalue weighted by Gasteiger charge is 2.13. The molecule has 0 fully saturated rings. The van der Waals surface area contributed by atoms with Gasteiger partial charge in [-0.25, -0.2) is 0 Å². The fourth-order valence-electron chi connectivity index (χ4n) is 1.38. The SMILES string of the molecule is O[C@H]1C=C[C@@H](OCc2ccccc2)OC1. The summed E-state index contributed by atoms with van der Waals surface area (Å²) in [5.41, 5.74) is 1.11. The van der Waals surface area contributed by atoms with E-state index >= 15 is 0 Å². The summed E-state index contributed by atoms with van der Waals surface area (Å²) in [6.07, 6.45) is 2.59. The number of benzene rings is 1. The van der Waals surface area contributed by atoms with E-state index < -0.39 is 6.10 Å². The Labute approximate surface area is 88.9 Å². The van der Waals surface area contributed by atoms with Gasteiger partial charge in [0.25, 0.3) is 0 Å².